The Balaban J connectivity index is 2.31. The molecule has 6 heteroatoms. The maximum absolute atomic E-state index is 5.85. The van der Waals surface area contributed by atoms with E-state index >= 15 is 0 Å². The van der Waals surface area contributed by atoms with Crippen molar-refractivity contribution < 1.29 is 0 Å². The molecule has 0 aromatic carbocycles. The van der Waals surface area contributed by atoms with Crippen LogP contribution in [0.4, 0.5) is 5.82 Å². The van der Waals surface area contributed by atoms with Gasteiger partial charge in [0.2, 0.25) is 0 Å². The van der Waals surface area contributed by atoms with Crippen LogP contribution in [-0.4, -0.2) is 31.5 Å². The first kappa shape index (κ1) is 12.1. The molecule has 2 heterocycles. The minimum Gasteiger partial charge on any atom is -0.367 e. The van der Waals surface area contributed by atoms with Crippen LogP contribution < -0.4 is 5.32 Å². The second kappa shape index (κ2) is 4.87. The third-order valence-corrected chi connectivity index (χ3v) is 3.34. The Kier molecular flexibility index (Phi) is 3.47. The van der Waals surface area contributed by atoms with E-state index in [1.165, 1.54) is 6.33 Å². The second-order valence-electron chi connectivity index (χ2n) is 4.32. The summed E-state index contributed by atoms with van der Waals surface area (Å²) in [5, 5.41) is 7.54. The lowest BCUT2D eigenvalue weighted by Crippen LogP contribution is -2.26. The number of fused-ring (bicyclic) bond motifs is 1. The van der Waals surface area contributed by atoms with Gasteiger partial charge in [-0.25, -0.2) is 4.98 Å². The van der Waals surface area contributed by atoms with Crippen LogP contribution in [0.1, 0.15) is 19.5 Å². The number of anilines is 1. The average molecular weight is 254 g/mol. The molecular weight excluding hydrogens is 238 g/mol. The average Bonchev–Trinajstić information content (AvgIpc) is 2.75. The van der Waals surface area contributed by atoms with E-state index in [1.54, 1.807) is 4.52 Å². The minimum atomic E-state index is 0.265. The number of hydrogen-bond acceptors (Lipinski definition) is 4. The first-order valence-corrected chi connectivity index (χ1v) is 6.15. The van der Waals surface area contributed by atoms with Gasteiger partial charge < -0.3 is 5.32 Å². The van der Waals surface area contributed by atoms with Gasteiger partial charge in [0.15, 0.2) is 0 Å². The van der Waals surface area contributed by atoms with Gasteiger partial charge in [-0.2, -0.15) is 14.6 Å². The summed E-state index contributed by atoms with van der Waals surface area (Å²) in [6.45, 7) is 6.15. The van der Waals surface area contributed by atoms with E-state index in [-0.39, 0.29) is 6.04 Å². The molecule has 92 valence electrons. The highest BCUT2D eigenvalue weighted by atomic mass is 35.5. The molecule has 17 heavy (non-hydrogen) atoms. The van der Waals surface area contributed by atoms with Gasteiger partial charge in [-0.3, -0.25) is 0 Å². The fourth-order valence-electron chi connectivity index (χ4n) is 1.54. The summed E-state index contributed by atoms with van der Waals surface area (Å²) in [6.07, 6.45) is 1.50. The molecule has 0 saturated carbocycles. The summed E-state index contributed by atoms with van der Waals surface area (Å²) in [6, 6.07) is 2.22. The highest BCUT2D eigenvalue weighted by molar-refractivity contribution is 6.18. The highest BCUT2D eigenvalue weighted by Crippen LogP contribution is 2.15. The predicted molar refractivity (Wildman–Crippen MR) is 68.5 cm³/mol. The van der Waals surface area contributed by atoms with E-state index in [2.05, 4.69) is 34.2 Å². The molecule has 0 saturated heterocycles. The van der Waals surface area contributed by atoms with E-state index in [0.29, 0.717) is 17.6 Å². The number of alkyl halides is 1. The lowest BCUT2D eigenvalue weighted by Gasteiger charge is -2.20. The van der Waals surface area contributed by atoms with Crippen molar-refractivity contribution in [3.8, 4) is 0 Å². The van der Waals surface area contributed by atoms with Crippen molar-refractivity contribution in [3.05, 3.63) is 18.1 Å². The number of rotatable bonds is 4. The number of hydrogen-bond donors (Lipinski definition) is 1. The summed E-state index contributed by atoms with van der Waals surface area (Å²) in [5.74, 6) is 2.51. The van der Waals surface area contributed by atoms with E-state index in [9.17, 15) is 0 Å². The smallest absolute Gasteiger partial charge is 0.254 e. The molecule has 2 atom stereocenters. The van der Waals surface area contributed by atoms with Gasteiger partial charge >= 0.3 is 0 Å². The Hall–Kier alpha value is -1.36. The van der Waals surface area contributed by atoms with Crippen molar-refractivity contribution in [2.75, 3.05) is 11.2 Å². The fourth-order valence-corrected chi connectivity index (χ4v) is 1.81. The molecule has 2 aromatic heterocycles. The number of halogens is 1. The fraction of sp³-hybridized carbons (Fsp3) is 0.545. The third kappa shape index (κ3) is 2.49. The molecule has 0 aliphatic carbocycles. The van der Waals surface area contributed by atoms with E-state index < -0.39 is 0 Å². The Bertz CT molecular complexity index is 510. The van der Waals surface area contributed by atoms with Gasteiger partial charge in [0, 0.05) is 23.7 Å². The molecule has 2 unspecified atom stereocenters. The molecule has 0 radical (unpaired) electrons. The third-order valence-electron chi connectivity index (χ3n) is 2.85. The molecule has 0 fully saturated rings. The second-order valence-corrected chi connectivity index (χ2v) is 4.63. The zero-order valence-electron chi connectivity index (χ0n) is 10.2. The van der Waals surface area contributed by atoms with Gasteiger partial charge in [0.25, 0.3) is 5.78 Å². The normalized spacial score (nSPS) is 14.8. The highest BCUT2D eigenvalue weighted by Gasteiger charge is 2.13. The number of aryl methyl sites for hydroxylation is 1. The van der Waals surface area contributed by atoms with Crippen molar-refractivity contribution in [1.82, 2.24) is 19.6 Å². The van der Waals surface area contributed by atoms with Crippen LogP contribution in [0, 0.1) is 12.8 Å². The van der Waals surface area contributed by atoms with Crippen LogP contribution in [0.5, 0.6) is 0 Å². The molecule has 5 nitrogen and oxygen atoms in total. The Labute approximate surface area is 105 Å². The molecular formula is C11H16ClN5. The standard InChI is InChI=1S/C11H16ClN5/c1-7(5-12)9(3)16-10-4-8(2)15-11-13-6-14-17(10)11/h4,6-7,9,16H,5H2,1-3H3. The van der Waals surface area contributed by atoms with Crippen molar-refractivity contribution in [2.24, 2.45) is 5.92 Å². The van der Waals surface area contributed by atoms with E-state index in [4.69, 9.17) is 11.6 Å². The van der Waals surface area contributed by atoms with Crippen LogP contribution in [0.25, 0.3) is 5.78 Å². The van der Waals surface area contributed by atoms with E-state index in [1.807, 2.05) is 13.0 Å². The van der Waals surface area contributed by atoms with Gasteiger partial charge in [-0.15, -0.1) is 11.6 Å². The Morgan fingerprint density at radius 2 is 2.24 bits per heavy atom. The topological polar surface area (TPSA) is 55.1 Å². The van der Waals surface area contributed by atoms with Gasteiger partial charge in [0.1, 0.15) is 12.1 Å². The zero-order chi connectivity index (χ0) is 12.4. The lowest BCUT2D eigenvalue weighted by molar-refractivity contribution is 0.562. The van der Waals surface area contributed by atoms with Crippen molar-refractivity contribution >= 4 is 23.2 Å². The maximum Gasteiger partial charge on any atom is 0.254 e. The SMILES string of the molecule is Cc1cc(NC(C)C(C)CCl)n2ncnc2n1. The first-order chi connectivity index (χ1) is 8.11. The molecule has 0 bridgehead atoms. The van der Waals surface area contributed by atoms with Gasteiger partial charge in [-0.1, -0.05) is 6.92 Å². The largest absolute Gasteiger partial charge is 0.367 e. The quantitative estimate of drug-likeness (QED) is 0.848. The van der Waals surface area contributed by atoms with Gasteiger partial charge in [-0.05, 0) is 19.8 Å². The van der Waals surface area contributed by atoms with Crippen LogP contribution in [0.2, 0.25) is 0 Å². The van der Waals surface area contributed by atoms with Crippen molar-refractivity contribution in [1.29, 1.82) is 0 Å². The molecule has 2 aromatic rings. The maximum atomic E-state index is 5.85. The summed E-state index contributed by atoms with van der Waals surface area (Å²) in [7, 11) is 0. The Morgan fingerprint density at radius 1 is 1.47 bits per heavy atom. The van der Waals surface area contributed by atoms with Crippen molar-refractivity contribution in [2.45, 2.75) is 26.8 Å². The molecule has 0 spiro atoms. The zero-order valence-corrected chi connectivity index (χ0v) is 10.9. The Morgan fingerprint density at radius 3 is 2.94 bits per heavy atom. The lowest BCUT2D eigenvalue weighted by atomic mass is 10.1. The molecule has 0 aliphatic rings. The summed E-state index contributed by atoms with van der Waals surface area (Å²) in [4.78, 5) is 8.38. The number of nitrogens with one attached hydrogen (secondary N) is 1. The van der Waals surface area contributed by atoms with Crippen LogP contribution in [-0.2, 0) is 0 Å². The number of nitrogens with zero attached hydrogens (tertiary/aromatic N) is 4. The minimum absolute atomic E-state index is 0.265. The summed E-state index contributed by atoms with van der Waals surface area (Å²) in [5.41, 5.74) is 0.915. The summed E-state index contributed by atoms with van der Waals surface area (Å²) < 4.78 is 1.70. The molecule has 0 aliphatic heterocycles. The van der Waals surface area contributed by atoms with E-state index in [0.717, 1.165) is 11.5 Å². The summed E-state index contributed by atoms with van der Waals surface area (Å²) >= 11 is 5.85. The van der Waals surface area contributed by atoms with Crippen LogP contribution in [0.3, 0.4) is 0 Å². The first-order valence-electron chi connectivity index (χ1n) is 5.61. The van der Waals surface area contributed by atoms with Crippen LogP contribution in [0.15, 0.2) is 12.4 Å². The predicted octanol–water partition coefficient (Wildman–Crippen LogP) is 2.11. The molecule has 0 amide bonds. The monoisotopic (exact) mass is 253 g/mol. The van der Waals surface area contributed by atoms with Gasteiger partial charge in [0.05, 0.1) is 0 Å². The molecule has 2 rings (SSSR count). The number of aromatic nitrogens is 4. The van der Waals surface area contributed by atoms with Crippen molar-refractivity contribution in [3.63, 3.8) is 0 Å². The van der Waals surface area contributed by atoms with Crippen LogP contribution >= 0.6 is 11.6 Å². The molecule has 1 N–H and O–H groups in total.